The molecule has 0 amide bonds. The summed E-state index contributed by atoms with van der Waals surface area (Å²) < 4.78 is 33.7. The van der Waals surface area contributed by atoms with E-state index in [2.05, 4.69) is 0 Å². The zero-order chi connectivity index (χ0) is 14.2. The minimum absolute atomic E-state index is 0.0216. The van der Waals surface area contributed by atoms with Crippen molar-refractivity contribution in [3.8, 4) is 0 Å². The van der Waals surface area contributed by atoms with Crippen LogP contribution in [0.4, 0.5) is 14.5 Å². The lowest BCUT2D eigenvalue weighted by Crippen LogP contribution is -2.49. The fraction of sp³-hybridized carbons (Fsp3) is 0.462. The van der Waals surface area contributed by atoms with Crippen LogP contribution < -0.4 is 10.6 Å². The lowest BCUT2D eigenvalue weighted by Gasteiger charge is -2.39. The average Bonchev–Trinajstić information content (AvgIpc) is 2.26. The predicted molar refractivity (Wildman–Crippen MR) is 74.5 cm³/mol. The molecule has 1 aliphatic heterocycles. The Morgan fingerprint density at radius 1 is 1.37 bits per heavy atom. The zero-order valence-electron chi connectivity index (χ0n) is 10.9. The highest BCUT2D eigenvalue weighted by molar-refractivity contribution is 7.80. The molecule has 1 heterocycles. The van der Waals surface area contributed by atoms with Crippen molar-refractivity contribution < 1.29 is 13.5 Å². The van der Waals surface area contributed by atoms with E-state index in [-0.39, 0.29) is 16.2 Å². The Morgan fingerprint density at radius 2 is 1.95 bits per heavy atom. The van der Waals surface area contributed by atoms with Crippen LogP contribution in [0.5, 0.6) is 0 Å². The molecule has 1 aliphatic rings. The predicted octanol–water partition coefficient (Wildman–Crippen LogP) is 2.21. The maximum absolute atomic E-state index is 14.1. The van der Waals surface area contributed by atoms with Gasteiger partial charge in [-0.15, -0.1) is 0 Å². The quantitative estimate of drug-likeness (QED) is 0.846. The van der Waals surface area contributed by atoms with E-state index >= 15 is 0 Å². The van der Waals surface area contributed by atoms with E-state index in [1.54, 1.807) is 4.90 Å². The lowest BCUT2D eigenvalue weighted by molar-refractivity contribution is -0.0280. The average molecular weight is 286 g/mol. The van der Waals surface area contributed by atoms with Gasteiger partial charge in [0, 0.05) is 18.7 Å². The van der Waals surface area contributed by atoms with E-state index in [1.165, 1.54) is 12.1 Å². The number of halogens is 2. The van der Waals surface area contributed by atoms with Crippen LogP contribution in [0.1, 0.15) is 19.4 Å². The minimum atomic E-state index is -0.652. The van der Waals surface area contributed by atoms with E-state index in [0.717, 1.165) is 0 Å². The van der Waals surface area contributed by atoms with Gasteiger partial charge in [-0.3, -0.25) is 0 Å². The maximum Gasteiger partial charge on any atom is 0.150 e. The maximum atomic E-state index is 14.1. The number of hydrogen-bond donors (Lipinski definition) is 1. The van der Waals surface area contributed by atoms with Crippen LogP contribution in [0.25, 0.3) is 0 Å². The van der Waals surface area contributed by atoms with Crippen molar-refractivity contribution in [2.45, 2.75) is 19.4 Å². The number of benzene rings is 1. The van der Waals surface area contributed by atoms with E-state index in [1.807, 2.05) is 13.8 Å². The van der Waals surface area contributed by atoms with Crippen LogP contribution in [0, 0.1) is 11.6 Å². The lowest BCUT2D eigenvalue weighted by atomic mass is 10.1. The van der Waals surface area contributed by atoms with Gasteiger partial charge in [0.1, 0.15) is 22.3 Å². The van der Waals surface area contributed by atoms with Crippen LogP contribution >= 0.6 is 12.2 Å². The van der Waals surface area contributed by atoms with Gasteiger partial charge < -0.3 is 15.4 Å². The fourth-order valence-electron chi connectivity index (χ4n) is 2.22. The van der Waals surface area contributed by atoms with Crippen LogP contribution in [-0.4, -0.2) is 30.3 Å². The third kappa shape index (κ3) is 3.01. The molecular formula is C13H16F2N2OS. The van der Waals surface area contributed by atoms with Gasteiger partial charge in [-0.25, -0.2) is 8.78 Å². The molecule has 1 aromatic rings. The summed E-state index contributed by atoms with van der Waals surface area (Å²) in [5, 5.41) is 0. The van der Waals surface area contributed by atoms with Crippen molar-refractivity contribution in [2.75, 3.05) is 24.6 Å². The van der Waals surface area contributed by atoms with Gasteiger partial charge in [0.05, 0.1) is 12.2 Å². The Kier molecular flexibility index (Phi) is 3.73. The number of ether oxygens (including phenoxy) is 1. The molecule has 1 fully saturated rings. The normalized spacial score (nSPS) is 18.4. The first-order valence-corrected chi connectivity index (χ1v) is 6.39. The third-order valence-corrected chi connectivity index (χ3v) is 3.28. The smallest absolute Gasteiger partial charge is 0.150 e. The van der Waals surface area contributed by atoms with Crippen LogP contribution in [0.3, 0.4) is 0 Å². The minimum Gasteiger partial charge on any atom is -0.389 e. The summed E-state index contributed by atoms with van der Waals surface area (Å²) in [5.41, 5.74) is 5.11. The summed E-state index contributed by atoms with van der Waals surface area (Å²) in [7, 11) is 0. The number of hydrogen-bond acceptors (Lipinski definition) is 3. The van der Waals surface area contributed by atoms with E-state index in [0.29, 0.717) is 19.7 Å². The molecule has 19 heavy (non-hydrogen) atoms. The number of nitrogens with two attached hydrogens (primary N) is 1. The highest BCUT2D eigenvalue weighted by Gasteiger charge is 2.30. The summed E-state index contributed by atoms with van der Waals surface area (Å²) in [4.78, 5) is 1.63. The molecule has 2 N–H and O–H groups in total. The molecular weight excluding hydrogens is 270 g/mol. The molecule has 2 rings (SSSR count). The second-order valence-corrected chi connectivity index (χ2v) is 5.62. The van der Waals surface area contributed by atoms with Crippen LogP contribution in [-0.2, 0) is 4.74 Å². The molecule has 1 aromatic carbocycles. The molecule has 0 saturated carbocycles. The van der Waals surface area contributed by atoms with Gasteiger partial charge in [-0.2, -0.15) is 0 Å². The summed E-state index contributed by atoms with van der Waals surface area (Å²) in [5.74, 6) is -1.30. The Bertz CT molecular complexity index is 496. The van der Waals surface area contributed by atoms with Crippen molar-refractivity contribution >= 4 is 22.9 Å². The van der Waals surface area contributed by atoms with Crippen molar-refractivity contribution in [3.63, 3.8) is 0 Å². The first-order chi connectivity index (χ1) is 8.80. The number of morpholine rings is 1. The summed E-state index contributed by atoms with van der Waals surface area (Å²) in [6, 6.07) is 2.34. The zero-order valence-corrected chi connectivity index (χ0v) is 11.7. The molecule has 0 aliphatic carbocycles. The Balaban J connectivity index is 2.37. The van der Waals surface area contributed by atoms with Gasteiger partial charge >= 0.3 is 0 Å². The molecule has 6 heteroatoms. The van der Waals surface area contributed by atoms with Crippen molar-refractivity contribution in [1.29, 1.82) is 0 Å². The van der Waals surface area contributed by atoms with Crippen LogP contribution in [0.15, 0.2) is 12.1 Å². The molecule has 104 valence electrons. The molecule has 0 unspecified atom stereocenters. The van der Waals surface area contributed by atoms with E-state index in [9.17, 15) is 8.78 Å². The van der Waals surface area contributed by atoms with Gasteiger partial charge in [0.2, 0.25) is 0 Å². The SMILES string of the molecule is CC1(C)CN(c2c(F)cc(C(N)=S)cc2F)CCO1. The summed E-state index contributed by atoms with van der Waals surface area (Å²) >= 11 is 4.73. The van der Waals surface area contributed by atoms with Gasteiger partial charge in [0.15, 0.2) is 0 Å². The first kappa shape index (κ1) is 14.1. The highest BCUT2D eigenvalue weighted by atomic mass is 32.1. The van der Waals surface area contributed by atoms with Crippen molar-refractivity contribution in [1.82, 2.24) is 0 Å². The Morgan fingerprint density at radius 3 is 2.42 bits per heavy atom. The highest BCUT2D eigenvalue weighted by Crippen LogP contribution is 2.29. The van der Waals surface area contributed by atoms with Gasteiger partial charge in [0.25, 0.3) is 0 Å². The number of thiocarbonyl (C=S) groups is 1. The number of rotatable bonds is 2. The third-order valence-electron chi connectivity index (χ3n) is 3.04. The molecule has 0 radical (unpaired) electrons. The largest absolute Gasteiger partial charge is 0.389 e. The standard InChI is InChI=1S/C13H16F2N2OS/c1-13(2)7-17(3-4-18-13)11-9(14)5-8(12(16)19)6-10(11)15/h5-6H,3-4,7H2,1-2H3,(H2,16,19). The second kappa shape index (κ2) is 5.02. The topological polar surface area (TPSA) is 38.5 Å². The van der Waals surface area contributed by atoms with E-state index in [4.69, 9.17) is 22.7 Å². The molecule has 3 nitrogen and oxygen atoms in total. The fourth-order valence-corrected chi connectivity index (χ4v) is 2.34. The van der Waals surface area contributed by atoms with Crippen LogP contribution in [0.2, 0.25) is 0 Å². The van der Waals surface area contributed by atoms with Gasteiger partial charge in [-0.05, 0) is 26.0 Å². The Labute approximate surface area is 116 Å². The van der Waals surface area contributed by atoms with Crippen molar-refractivity contribution in [3.05, 3.63) is 29.3 Å². The second-order valence-electron chi connectivity index (χ2n) is 5.18. The summed E-state index contributed by atoms with van der Waals surface area (Å²) in [6.45, 7) is 5.08. The number of nitrogens with zero attached hydrogens (tertiary/aromatic N) is 1. The monoisotopic (exact) mass is 286 g/mol. The van der Waals surface area contributed by atoms with Crippen molar-refractivity contribution in [2.24, 2.45) is 5.73 Å². The molecule has 0 aromatic heterocycles. The van der Waals surface area contributed by atoms with Gasteiger partial charge in [-0.1, -0.05) is 12.2 Å². The molecule has 1 saturated heterocycles. The molecule has 0 spiro atoms. The summed E-state index contributed by atoms with van der Waals surface area (Å²) in [6.07, 6.45) is 0. The Hall–Kier alpha value is -1.27. The molecule has 0 atom stereocenters. The first-order valence-electron chi connectivity index (χ1n) is 5.98. The molecule has 0 bridgehead atoms. The number of anilines is 1. The van der Waals surface area contributed by atoms with E-state index < -0.39 is 17.2 Å².